The molecule has 5 rings (SSSR count). The highest BCUT2D eigenvalue weighted by Gasteiger charge is 2.30. The molecule has 0 aliphatic heterocycles. The predicted molar refractivity (Wildman–Crippen MR) is 138 cm³/mol. The Labute approximate surface area is 219 Å². The Hall–Kier alpha value is -5.00. The molecule has 9 nitrogen and oxygen atoms in total. The lowest BCUT2D eigenvalue weighted by atomic mass is 9.93. The molecule has 0 radical (unpaired) electrons. The minimum absolute atomic E-state index is 0.0183. The second-order valence-electron chi connectivity index (χ2n) is 8.70. The minimum Gasteiger partial charge on any atom is -0.495 e. The molecule has 39 heavy (non-hydrogen) atoms. The molecule has 2 aromatic heterocycles. The summed E-state index contributed by atoms with van der Waals surface area (Å²) in [6, 6.07) is 11.2. The maximum atomic E-state index is 13.1. The standard InChI is InChI=1S/C27H21F3N6O3/c1-13-7-8-15(25(37)34-18-6-4-5-17(11-18)27(28,29)30)9-19(13)20-10-16-12-32-26(31)35-22(16)21(23(20)38-3)24-33-14(2)39-36-24/h4-12H,1-3H3,(H,34,37)(H2,31,32,35). The number of anilines is 2. The van der Waals surface area contributed by atoms with Crippen LogP contribution in [0.4, 0.5) is 24.8 Å². The number of carbonyl (C=O) groups excluding carboxylic acids is 1. The Balaban J connectivity index is 1.63. The van der Waals surface area contributed by atoms with Gasteiger partial charge in [0.25, 0.3) is 5.91 Å². The van der Waals surface area contributed by atoms with Gasteiger partial charge in [-0.3, -0.25) is 4.79 Å². The van der Waals surface area contributed by atoms with Crippen LogP contribution in [0, 0.1) is 13.8 Å². The normalized spacial score (nSPS) is 11.5. The molecule has 0 bridgehead atoms. The number of amides is 1. The number of alkyl halides is 3. The van der Waals surface area contributed by atoms with Crippen molar-refractivity contribution in [1.82, 2.24) is 20.1 Å². The van der Waals surface area contributed by atoms with Gasteiger partial charge >= 0.3 is 6.18 Å². The van der Waals surface area contributed by atoms with Crippen molar-refractivity contribution in [1.29, 1.82) is 0 Å². The Morgan fingerprint density at radius 1 is 1.05 bits per heavy atom. The molecule has 0 spiro atoms. The van der Waals surface area contributed by atoms with E-state index in [4.69, 9.17) is 15.0 Å². The number of fused-ring (bicyclic) bond motifs is 1. The first-order valence-electron chi connectivity index (χ1n) is 11.6. The number of nitrogen functional groups attached to an aromatic ring is 1. The van der Waals surface area contributed by atoms with E-state index >= 15 is 0 Å². The molecular formula is C27H21F3N6O3. The highest BCUT2D eigenvalue weighted by molar-refractivity contribution is 6.06. The number of nitrogens with zero attached hydrogens (tertiary/aromatic N) is 4. The third-order valence-electron chi connectivity index (χ3n) is 6.04. The van der Waals surface area contributed by atoms with Crippen LogP contribution >= 0.6 is 0 Å². The summed E-state index contributed by atoms with van der Waals surface area (Å²) < 4.78 is 50.4. The first-order valence-corrected chi connectivity index (χ1v) is 11.6. The number of nitrogens with one attached hydrogen (secondary N) is 1. The molecule has 0 aliphatic carbocycles. The zero-order valence-corrected chi connectivity index (χ0v) is 20.9. The smallest absolute Gasteiger partial charge is 0.416 e. The SMILES string of the molecule is COc1c(-c2cc(C(=O)Nc3cccc(C(F)(F)F)c3)ccc2C)cc2cnc(N)nc2c1-c1noc(C)n1. The lowest BCUT2D eigenvalue weighted by molar-refractivity contribution is -0.137. The van der Waals surface area contributed by atoms with Crippen LogP contribution in [0.15, 0.2) is 59.3 Å². The van der Waals surface area contributed by atoms with Crippen molar-refractivity contribution < 1.29 is 27.2 Å². The third-order valence-corrected chi connectivity index (χ3v) is 6.04. The fraction of sp³-hybridized carbons (Fsp3) is 0.148. The van der Waals surface area contributed by atoms with Crippen LogP contribution in [0.5, 0.6) is 5.75 Å². The lowest BCUT2D eigenvalue weighted by Gasteiger charge is -2.17. The van der Waals surface area contributed by atoms with Gasteiger partial charge in [0.05, 0.1) is 23.8 Å². The van der Waals surface area contributed by atoms with E-state index in [0.29, 0.717) is 39.2 Å². The van der Waals surface area contributed by atoms with E-state index in [0.717, 1.165) is 17.7 Å². The average Bonchev–Trinajstić information content (AvgIpc) is 3.33. The van der Waals surface area contributed by atoms with E-state index in [9.17, 15) is 18.0 Å². The lowest BCUT2D eigenvalue weighted by Crippen LogP contribution is -2.13. The molecule has 0 aliphatic rings. The number of hydrogen-bond donors (Lipinski definition) is 2. The van der Waals surface area contributed by atoms with Gasteiger partial charge in [0, 0.05) is 35.3 Å². The molecule has 5 aromatic rings. The molecule has 0 unspecified atom stereocenters. The second kappa shape index (κ2) is 9.71. The third kappa shape index (κ3) is 4.96. The summed E-state index contributed by atoms with van der Waals surface area (Å²) in [5.74, 6) is 0.381. The van der Waals surface area contributed by atoms with Gasteiger partial charge in [-0.05, 0) is 54.4 Å². The number of carbonyl (C=O) groups is 1. The molecule has 1 amide bonds. The number of rotatable bonds is 5. The number of ether oxygens (including phenoxy) is 1. The maximum Gasteiger partial charge on any atom is 0.416 e. The van der Waals surface area contributed by atoms with E-state index < -0.39 is 17.6 Å². The summed E-state index contributed by atoms with van der Waals surface area (Å²) in [4.78, 5) is 25.9. The number of aromatic nitrogens is 4. The second-order valence-corrected chi connectivity index (χ2v) is 8.70. The first kappa shape index (κ1) is 25.6. The minimum atomic E-state index is -4.53. The van der Waals surface area contributed by atoms with Crippen molar-refractivity contribution in [2.75, 3.05) is 18.2 Å². The van der Waals surface area contributed by atoms with Gasteiger partial charge in [0.15, 0.2) is 0 Å². The van der Waals surface area contributed by atoms with Crippen molar-refractivity contribution >= 4 is 28.4 Å². The van der Waals surface area contributed by atoms with Crippen LogP contribution in [0.25, 0.3) is 33.4 Å². The highest BCUT2D eigenvalue weighted by atomic mass is 19.4. The van der Waals surface area contributed by atoms with Crippen LogP contribution in [0.3, 0.4) is 0 Å². The predicted octanol–water partition coefficient (Wildman–Crippen LogP) is 5.83. The van der Waals surface area contributed by atoms with Crippen LogP contribution in [0.1, 0.15) is 27.4 Å². The van der Waals surface area contributed by atoms with Gasteiger partial charge in [-0.2, -0.15) is 18.2 Å². The van der Waals surface area contributed by atoms with Crippen molar-refractivity contribution in [3.8, 4) is 28.3 Å². The van der Waals surface area contributed by atoms with Gasteiger partial charge in [0.1, 0.15) is 5.75 Å². The molecular weight excluding hydrogens is 513 g/mol. The van der Waals surface area contributed by atoms with Gasteiger partial charge in [-0.15, -0.1) is 0 Å². The van der Waals surface area contributed by atoms with Crippen LogP contribution in [-0.2, 0) is 6.18 Å². The Bertz CT molecular complexity index is 1730. The molecule has 12 heteroatoms. The summed E-state index contributed by atoms with van der Waals surface area (Å²) >= 11 is 0. The van der Waals surface area contributed by atoms with E-state index in [1.807, 2.05) is 6.92 Å². The van der Waals surface area contributed by atoms with E-state index in [2.05, 4.69) is 25.4 Å². The summed E-state index contributed by atoms with van der Waals surface area (Å²) in [7, 11) is 1.48. The number of nitrogens with two attached hydrogens (primary N) is 1. The number of hydrogen-bond acceptors (Lipinski definition) is 8. The van der Waals surface area contributed by atoms with Crippen molar-refractivity contribution in [2.45, 2.75) is 20.0 Å². The fourth-order valence-electron chi connectivity index (χ4n) is 4.22. The molecule has 198 valence electrons. The van der Waals surface area contributed by atoms with Gasteiger partial charge in [-0.1, -0.05) is 17.3 Å². The Morgan fingerprint density at radius 3 is 2.54 bits per heavy atom. The first-order chi connectivity index (χ1) is 18.5. The van der Waals surface area contributed by atoms with Crippen molar-refractivity contribution in [2.24, 2.45) is 0 Å². The number of halogens is 3. The number of benzene rings is 3. The van der Waals surface area contributed by atoms with Gasteiger partial charge in [-0.25, -0.2) is 9.97 Å². The topological polar surface area (TPSA) is 129 Å². The highest BCUT2D eigenvalue weighted by Crippen LogP contribution is 2.44. The summed E-state index contributed by atoms with van der Waals surface area (Å²) in [5, 5.41) is 7.18. The summed E-state index contributed by atoms with van der Waals surface area (Å²) in [5.41, 5.74) is 8.12. The zero-order chi connectivity index (χ0) is 27.9. The molecule has 2 heterocycles. The van der Waals surface area contributed by atoms with E-state index in [-0.39, 0.29) is 23.0 Å². The van der Waals surface area contributed by atoms with Crippen LogP contribution in [0.2, 0.25) is 0 Å². The van der Waals surface area contributed by atoms with Crippen LogP contribution < -0.4 is 15.8 Å². The van der Waals surface area contributed by atoms with Gasteiger partial charge in [0.2, 0.25) is 17.7 Å². The maximum absolute atomic E-state index is 13.1. The fourth-order valence-corrected chi connectivity index (χ4v) is 4.22. The van der Waals surface area contributed by atoms with Gasteiger partial charge < -0.3 is 20.3 Å². The quantitative estimate of drug-likeness (QED) is 0.288. The summed E-state index contributed by atoms with van der Waals surface area (Å²) in [6.45, 7) is 3.50. The van der Waals surface area contributed by atoms with Crippen LogP contribution in [-0.4, -0.2) is 33.1 Å². The van der Waals surface area contributed by atoms with E-state index in [1.54, 1.807) is 37.4 Å². The van der Waals surface area contributed by atoms with E-state index in [1.165, 1.54) is 19.2 Å². The molecule has 3 aromatic carbocycles. The Kier molecular flexibility index (Phi) is 6.38. The number of aryl methyl sites for hydroxylation is 2. The Morgan fingerprint density at radius 2 is 1.85 bits per heavy atom. The number of methoxy groups -OCH3 is 1. The van der Waals surface area contributed by atoms with Crippen molar-refractivity contribution in [3.05, 3.63) is 77.3 Å². The molecule has 3 N–H and O–H groups in total. The average molecular weight is 534 g/mol. The van der Waals surface area contributed by atoms with Crippen molar-refractivity contribution in [3.63, 3.8) is 0 Å². The zero-order valence-electron chi connectivity index (χ0n) is 20.9. The molecule has 0 atom stereocenters. The molecule has 0 fully saturated rings. The monoisotopic (exact) mass is 534 g/mol. The molecule has 0 saturated heterocycles. The summed E-state index contributed by atoms with van der Waals surface area (Å²) in [6.07, 6.45) is -2.98. The molecule has 0 saturated carbocycles. The largest absolute Gasteiger partial charge is 0.495 e.